The average Bonchev–Trinajstić information content (AvgIpc) is 2.59. The fourth-order valence-electron chi connectivity index (χ4n) is 3.25. The van der Waals surface area contributed by atoms with E-state index in [1.807, 2.05) is 30.3 Å². The third kappa shape index (κ3) is 4.45. The van der Waals surface area contributed by atoms with Crippen molar-refractivity contribution in [3.63, 3.8) is 0 Å². The Morgan fingerprint density at radius 1 is 1.29 bits per heavy atom. The highest BCUT2D eigenvalue weighted by Crippen LogP contribution is 2.40. The number of carbonyl (C=O) groups is 2. The molecule has 1 unspecified atom stereocenters. The quantitative estimate of drug-likeness (QED) is 0.640. The summed E-state index contributed by atoms with van der Waals surface area (Å²) in [6.45, 7) is 3.81. The zero-order chi connectivity index (χ0) is 17.6. The lowest BCUT2D eigenvalue weighted by molar-refractivity contribution is -0.167. The number of hydrogen-bond acceptors (Lipinski definition) is 5. The minimum absolute atomic E-state index is 0.168. The van der Waals surface area contributed by atoms with Crippen molar-refractivity contribution in [2.75, 3.05) is 7.11 Å². The molecular weight excluding hydrogens is 308 g/mol. The van der Waals surface area contributed by atoms with Crippen LogP contribution in [-0.4, -0.2) is 29.8 Å². The highest BCUT2D eigenvalue weighted by Gasteiger charge is 2.46. The van der Waals surface area contributed by atoms with Gasteiger partial charge in [0.2, 0.25) is 0 Å². The molecule has 1 aromatic carbocycles. The maximum atomic E-state index is 12.4. The van der Waals surface area contributed by atoms with Crippen molar-refractivity contribution in [2.24, 2.45) is 11.8 Å². The molecule has 130 valence electrons. The van der Waals surface area contributed by atoms with E-state index in [4.69, 9.17) is 9.47 Å². The smallest absolute Gasteiger partial charge is 0.310 e. The number of esters is 2. The number of methoxy groups -OCH3 is 1. The van der Waals surface area contributed by atoms with Crippen molar-refractivity contribution in [3.8, 4) is 0 Å². The Hall–Kier alpha value is -2.14. The van der Waals surface area contributed by atoms with Gasteiger partial charge in [-0.25, -0.2) is 0 Å². The zero-order valence-corrected chi connectivity index (χ0v) is 13.9. The summed E-state index contributed by atoms with van der Waals surface area (Å²) in [6.07, 6.45) is 3.00. The van der Waals surface area contributed by atoms with Crippen molar-refractivity contribution in [2.45, 2.75) is 37.9 Å². The van der Waals surface area contributed by atoms with E-state index in [0.717, 1.165) is 5.56 Å². The van der Waals surface area contributed by atoms with Gasteiger partial charge in [0.15, 0.2) is 0 Å². The van der Waals surface area contributed by atoms with Crippen LogP contribution in [0.2, 0.25) is 0 Å². The molecule has 0 spiro atoms. The van der Waals surface area contributed by atoms with Gasteiger partial charge in [0.25, 0.3) is 0 Å². The first-order chi connectivity index (χ1) is 11.5. The van der Waals surface area contributed by atoms with Gasteiger partial charge >= 0.3 is 11.9 Å². The summed E-state index contributed by atoms with van der Waals surface area (Å²) in [7, 11) is 1.29. The molecule has 0 heterocycles. The highest BCUT2D eigenvalue weighted by atomic mass is 16.5. The van der Waals surface area contributed by atoms with Crippen LogP contribution < -0.4 is 0 Å². The molecule has 1 N–H and O–H groups in total. The van der Waals surface area contributed by atoms with Gasteiger partial charge in [-0.2, -0.15) is 0 Å². The van der Waals surface area contributed by atoms with Crippen LogP contribution in [0.4, 0.5) is 0 Å². The van der Waals surface area contributed by atoms with Crippen molar-refractivity contribution >= 4 is 11.9 Å². The van der Waals surface area contributed by atoms with Gasteiger partial charge in [-0.1, -0.05) is 36.4 Å². The first-order valence-corrected chi connectivity index (χ1v) is 8.11. The van der Waals surface area contributed by atoms with Crippen LogP contribution in [0.1, 0.15) is 31.2 Å². The number of carbonyl (C=O) groups excluding carboxylic acids is 2. The normalized spacial score (nSPS) is 26.4. The number of ether oxygens (including phenoxy) is 2. The predicted molar refractivity (Wildman–Crippen MR) is 88.8 cm³/mol. The zero-order valence-electron chi connectivity index (χ0n) is 13.9. The van der Waals surface area contributed by atoms with E-state index in [2.05, 4.69) is 6.58 Å². The second-order valence-corrected chi connectivity index (χ2v) is 6.29. The Morgan fingerprint density at radius 3 is 2.62 bits per heavy atom. The molecule has 1 saturated carbocycles. The van der Waals surface area contributed by atoms with Crippen LogP contribution in [0.5, 0.6) is 0 Å². The molecule has 2 rings (SSSR count). The second kappa shape index (κ2) is 8.11. The molecule has 3 atom stereocenters. The van der Waals surface area contributed by atoms with Crippen LogP contribution in [-0.2, 0) is 25.7 Å². The molecule has 0 aromatic heterocycles. The van der Waals surface area contributed by atoms with E-state index in [1.165, 1.54) is 7.11 Å². The molecule has 0 amide bonds. The van der Waals surface area contributed by atoms with Gasteiger partial charge in [-0.3, -0.25) is 9.59 Å². The Morgan fingerprint density at radius 2 is 2.00 bits per heavy atom. The summed E-state index contributed by atoms with van der Waals surface area (Å²) >= 11 is 0. The topological polar surface area (TPSA) is 72.8 Å². The van der Waals surface area contributed by atoms with E-state index in [1.54, 1.807) is 6.08 Å². The van der Waals surface area contributed by atoms with Crippen LogP contribution >= 0.6 is 0 Å². The molecule has 1 fully saturated rings. The van der Waals surface area contributed by atoms with Crippen LogP contribution in [0.3, 0.4) is 0 Å². The Kier molecular flexibility index (Phi) is 6.15. The Bertz CT molecular complexity index is 583. The van der Waals surface area contributed by atoms with Gasteiger partial charge in [0, 0.05) is 0 Å². The monoisotopic (exact) mass is 332 g/mol. The van der Waals surface area contributed by atoms with E-state index in [9.17, 15) is 14.7 Å². The minimum atomic E-state index is -1.02. The fourth-order valence-corrected chi connectivity index (χ4v) is 3.25. The summed E-state index contributed by atoms with van der Waals surface area (Å²) in [6, 6.07) is 9.37. The number of rotatable bonds is 6. The summed E-state index contributed by atoms with van der Waals surface area (Å²) < 4.78 is 10.2. The van der Waals surface area contributed by atoms with E-state index in [0.29, 0.717) is 19.3 Å². The van der Waals surface area contributed by atoms with Crippen molar-refractivity contribution in [1.29, 1.82) is 0 Å². The van der Waals surface area contributed by atoms with Gasteiger partial charge in [-0.15, -0.1) is 6.58 Å². The molecule has 0 aliphatic heterocycles. The maximum Gasteiger partial charge on any atom is 0.310 e. The summed E-state index contributed by atoms with van der Waals surface area (Å²) in [4.78, 5) is 24.5. The molecule has 0 radical (unpaired) electrons. The van der Waals surface area contributed by atoms with E-state index in [-0.39, 0.29) is 13.0 Å². The summed E-state index contributed by atoms with van der Waals surface area (Å²) in [5.41, 5.74) is -0.129. The summed E-state index contributed by atoms with van der Waals surface area (Å²) in [5.74, 6) is -2.20. The largest absolute Gasteiger partial charge is 0.469 e. The third-order valence-electron chi connectivity index (χ3n) is 4.56. The van der Waals surface area contributed by atoms with Gasteiger partial charge in [0.05, 0.1) is 24.5 Å². The molecule has 0 saturated heterocycles. The van der Waals surface area contributed by atoms with E-state index < -0.39 is 29.4 Å². The standard InChI is InChI=1S/C19H24O5/c1-3-10-19(22)11-9-15(16(12-19)17(20)23-2)18(21)24-13-14-7-5-4-6-8-14/h3-8,15-16,22H,1,9-13H2,2H3/t15-,16+,19?/m1/s1. The molecule has 1 aliphatic rings. The van der Waals surface area contributed by atoms with Crippen LogP contribution in [0.25, 0.3) is 0 Å². The Labute approximate surface area is 142 Å². The lowest BCUT2D eigenvalue weighted by Gasteiger charge is -2.38. The Balaban J connectivity index is 2.04. The van der Waals surface area contributed by atoms with Gasteiger partial charge in [0.1, 0.15) is 6.61 Å². The third-order valence-corrected chi connectivity index (χ3v) is 4.56. The first-order valence-electron chi connectivity index (χ1n) is 8.11. The number of benzene rings is 1. The summed E-state index contributed by atoms with van der Waals surface area (Å²) in [5, 5.41) is 10.6. The number of hydrogen-bond donors (Lipinski definition) is 1. The maximum absolute atomic E-state index is 12.4. The van der Waals surface area contributed by atoms with Gasteiger partial charge in [-0.05, 0) is 31.2 Å². The predicted octanol–water partition coefficient (Wildman–Crippen LogP) is 2.63. The van der Waals surface area contributed by atoms with Gasteiger partial charge < -0.3 is 14.6 Å². The minimum Gasteiger partial charge on any atom is -0.469 e. The lowest BCUT2D eigenvalue weighted by Crippen LogP contribution is -2.45. The molecule has 0 bridgehead atoms. The fraction of sp³-hybridized carbons (Fsp3) is 0.474. The average molecular weight is 332 g/mol. The molecule has 5 heteroatoms. The molecule has 1 aliphatic carbocycles. The van der Waals surface area contributed by atoms with Crippen molar-refractivity contribution in [3.05, 3.63) is 48.6 Å². The number of aliphatic hydroxyl groups is 1. The highest BCUT2D eigenvalue weighted by molar-refractivity contribution is 5.82. The van der Waals surface area contributed by atoms with Crippen molar-refractivity contribution < 1.29 is 24.2 Å². The van der Waals surface area contributed by atoms with E-state index >= 15 is 0 Å². The molecule has 5 nitrogen and oxygen atoms in total. The van der Waals surface area contributed by atoms with Crippen molar-refractivity contribution in [1.82, 2.24) is 0 Å². The van der Waals surface area contributed by atoms with Crippen LogP contribution in [0.15, 0.2) is 43.0 Å². The first kappa shape index (κ1) is 18.2. The molecule has 24 heavy (non-hydrogen) atoms. The van der Waals surface area contributed by atoms with Crippen LogP contribution in [0, 0.1) is 11.8 Å². The molecular formula is C19H24O5. The SMILES string of the molecule is C=CCC1(O)CC[C@@H](C(=O)OCc2ccccc2)[C@@H](C(=O)OC)C1. The lowest BCUT2D eigenvalue weighted by atomic mass is 9.70. The second-order valence-electron chi connectivity index (χ2n) is 6.29. The molecule has 1 aromatic rings.